The first-order valence-corrected chi connectivity index (χ1v) is 9.22. The lowest BCUT2D eigenvalue weighted by atomic mass is 10.1. The quantitative estimate of drug-likeness (QED) is 0.679. The standard InChI is InChI=1S/C23H23N3O/c1-3-19-20-12-8-9-13-22(20)26(21(19)4-2)23(27)25-16-14-24(15-17-25)18-10-6-5-7-11-18/h3-13H,1-2,14-17H2. The third-order valence-corrected chi connectivity index (χ3v) is 5.21. The van der Waals surface area contributed by atoms with Gasteiger partial charge in [-0.25, -0.2) is 4.79 Å². The summed E-state index contributed by atoms with van der Waals surface area (Å²) in [6.07, 6.45) is 3.55. The number of rotatable bonds is 3. The zero-order valence-electron chi connectivity index (χ0n) is 15.3. The largest absolute Gasteiger partial charge is 0.368 e. The highest BCUT2D eigenvalue weighted by Gasteiger charge is 2.26. The molecule has 0 saturated carbocycles. The third kappa shape index (κ3) is 2.93. The Labute approximate surface area is 159 Å². The van der Waals surface area contributed by atoms with Crippen LogP contribution in [0.25, 0.3) is 23.1 Å². The van der Waals surface area contributed by atoms with E-state index in [1.54, 1.807) is 16.7 Å². The van der Waals surface area contributed by atoms with Crippen molar-refractivity contribution in [2.75, 3.05) is 31.1 Å². The van der Waals surface area contributed by atoms with Gasteiger partial charge in [0.2, 0.25) is 0 Å². The Bertz CT molecular complexity index is 995. The molecule has 0 radical (unpaired) electrons. The molecule has 2 aromatic carbocycles. The molecule has 4 heteroatoms. The summed E-state index contributed by atoms with van der Waals surface area (Å²) in [5.74, 6) is 0. The van der Waals surface area contributed by atoms with Gasteiger partial charge in [0.15, 0.2) is 0 Å². The molecule has 4 nitrogen and oxygen atoms in total. The van der Waals surface area contributed by atoms with Gasteiger partial charge < -0.3 is 9.80 Å². The fraction of sp³-hybridized carbons (Fsp3) is 0.174. The summed E-state index contributed by atoms with van der Waals surface area (Å²) in [6, 6.07) is 18.3. The lowest BCUT2D eigenvalue weighted by molar-refractivity contribution is 0.197. The number of aromatic nitrogens is 1. The first kappa shape index (κ1) is 17.2. The smallest absolute Gasteiger partial charge is 0.329 e. The van der Waals surface area contributed by atoms with Crippen molar-refractivity contribution in [2.45, 2.75) is 0 Å². The van der Waals surface area contributed by atoms with Gasteiger partial charge in [-0.1, -0.05) is 55.6 Å². The van der Waals surface area contributed by atoms with Crippen LogP contribution in [-0.2, 0) is 0 Å². The molecule has 1 aliphatic heterocycles. The average Bonchev–Trinajstić information content (AvgIpc) is 3.07. The van der Waals surface area contributed by atoms with E-state index in [-0.39, 0.29) is 6.03 Å². The molecule has 1 aliphatic rings. The number of hydrogen-bond acceptors (Lipinski definition) is 2. The Balaban J connectivity index is 1.63. The maximum absolute atomic E-state index is 13.4. The highest BCUT2D eigenvalue weighted by Crippen LogP contribution is 2.29. The minimum atomic E-state index is 0.00177. The summed E-state index contributed by atoms with van der Waals surface area (Å²) in [7, 11) is 0. The van der Waals surface area contributed by atoms with Gasteiger partial charge >= 0.3 is 6.03 Å². The number of benzene rings is 2. The van der Waals surface area contributed by atoms with Crippen LogP contribution in [-0.4, -0.2) is 41.7 Å². The first-order valence-electron chi connectivity index (χ1n) is 9.22. The van der Waals surface area contributed by atoms with Crippen LogP contribution in [0.15, 0.2) is 67.8 Å². The van der Waals surface area contributed by atoms with Gasteiger partial charge in [-0.2, -0.15) is 0 Å². The van der Waals surface area contributed by atoms with Gasteiger partial charge in [0.25, 0.3) is 0 Å². The molecule has 27 heavy (non-hydrogen) atoms. The lowest BCUT2D eigenvalue weighted by Gasteiger charge is -2.36. The first-order chi connectivity index (χ1) is 13.2. The highest BCUT2D eigenvalue weighted by molar-refractivity contribution is 6.00. The van der Waals surface area contributed by atoms with Gasteiger partial charge in [0.1, 0.15) is 0 Å². The van der Waals surface area contributed by atoms with E-state index in [1.807, 2.05) is 47.4 Å². The molecular formula is C23H23N3O. The van der Waals surface area contributed by atoms with E-state index in [9.17, 15) is 4.79 Å². The van der Waals surface area contributed by atoms with Crippen LogP contribution in [0.3, 0.4) is 0 Å². The summed E-state index contributed by atoms with van der Waals surface area (Å²) in [5.41, 5.74) is 3.87. The Kier molecular flexibility index (Phi) is 4.55. The van der Waals surface area contributed by atoms with E-state index in [1.165, 1.54) is 5.69 Å². The van der Waals surface area contributed by atoms with E-state index in [2.05, 4.69) is 30.2 Å². The van der Waals surface area contributed by atoms with Crippen LogP contribution < -0.4 is 4.90 Å². The molecule has 0 spiro atoms. The number of piperazine rings is 1. The Morgan fingerprint density at radius 1 is 0.852 bits per heavy atom. The number of amides is 1. The van der Waals surface area contributed by atoms with Crippen molar-refractivity contribution in [2.24, 2.45) is 0 Å². The molecule has 0 aliphatic carbocycles. The zero-order chi connectivity index (χ0) is 18.8. The van der Waals surface area contributed by atoms with Gasteiger partial charge in [-0.15, -0.1) is 0 Å². The van der Waals surface area contributed by atoms with Crippen LogP contribution in [0.2, 0.25) is 0 Å². The number of carbonyl (C=O) groups excluding carboxylic acids is 1. The van der Waals surface area contributed by atoms with Gasteiger partial charge in [-0.05, 0) is 24.3 Å². The zero-order valence-corrected chi connectivity index (χ0v) is 15.3. The van der Waals surface area contributed by atoms with Crippen molar-refractivity contribution in [3.63, 3.8) is 0 Å². The van der Waals surface area contributed by atoms with E-state index in [0.717, 1.165) is 35.2 Å². The predicted octanol–water partition coefficient (Wildman–Crippen LogP) is 4.72. The number of hydrogen-bond donors (Lipinski definition) is 0. The molecule has 0 unspecified atom stereocenters. The van der Waals surface area contributed by atoms with Crippen molar-refractivity contribution in [1.29, 1.82) is 0 Å². The predicted molar refractivity (Wildman–Crippen MR) is 113 cm³/mol. The van der Waals surface area contributed by atoms with E-state index in [4.69, 9.17) is 0 Å². The molecule has 0 atom stereocenters. The molecule has 0 N–H and O–H groups in total. The van der Waals surface area contributed by atoms with Gasteiger partial charge in [0.05, 0.1) is 11.2 Å². The van der Waals surface area contributed by atoms with Gasteiger partial charge in [-0.3, -0.25) is 4.57 Å². The minimum absolute atomic E-state index is 0.00177. The van der Waals surface area contributed by atoms with Crippen LogP contribution in [0, 0.1) is 0 Å². The van der Waals surface area contributed by atoms with Crippen molar-refractivity contribution in [3.05, 3.63) is 79.0 Å². The topological polar surface area (TPSA) is 28.5 Å². The SMILES string of the molecule is C=Cc1c(C=C)n(C(=O)N2CCN(c3ccccc3)CC2)c2ccccc12. The van der Waals surface area contributed by atoms with Crippen LogP contribution in [0.1, 0.15) is 11.3 Å². The Hall–Kier alpha value is -3.27. The Morgan fingerprint density at radius 2 is 1.52 bits per heavy atom. The lowest BCUT2D eigenvalue weighted by Crippen LogP contribution is -2.50. The second kappa shape index (κ2) is 7.16. The summed E-state index contributed by atoms with van der Waals surface area (Å²) in [6.45, 7) is 10.9. The van der Waals surface area contributed by atoms with Crippen LogP contribution in [0.4, 0.5) is 10.5 Å². The highest BCUT2D eigenvalue weighted by atomic mass is 16.2. The molecule has 1 saturated heterocycles. The normalized spacial score (nSPS) is 14.4. The molecule has 1 fully saturated rings. The second-order valence-electron chi connectivity index (χ2n) is 6.65. The number of nitrogens with zero attached hydrogens (tertiary/aromatic N) is 3. The maximum Gasteiger partial charge on any atom is 0.329 e. The number of fused-ring (bicyclic) bond motifs is 1. The molecule has 1 amide bonds. The van der Waals surface area contributed by atoms with E-state index < -0.39 is 0 Å². The minimum Gasteiger partial charge on any atom is -0.368 e. The van der Waals surface area contributed by atoms with Crippen molar-refractivity contribution < 1.29 is 4.79 Å². The molecule has 136 valence electrons. The van der Waals surface area contributed by atoms with Crippen molar-refractivity contribution in [1.82, 2.24) is 9.47 Å². The maximum atomic E-state index is 13.4. The molecule has 2 heterocycles. The molecular weight excluding hydrogens is 334 g/mol. The summed E-state index contributed by atoms with van der Waals surface area (Å²) < 4.78 is 1.78. The van der Waals surface area contributed by atoms with Gasteiger partial charge in [0, 0.05) is 42.8 Å². The summed E-state index contributed by atoms with van der Waals surface area (Å²) in [4.78, 5) is 17.6. The Morgan fingerprint density at radius 3 is 2.19 bits per heavy atom. The monoisotopic (exact) mass is 357 g/mol. The average molecular weight is 357 g/mol. The van der Waals surface area contributed by atoms with Crippen LogP contribution >= 0.6 is 0 Å². The van der Waals surface area contributed by atoms with Crippen molar-refractivity contribution >= 4 is 34.8 Å². The van der Waals surface area contributed by atoms with E-state index in [0.29, 0.717) is 13.1 Å². The summed E-state index contributed by atoms with van der Waals surface area (Å²) in [5, 5.41) is 1.03. The molecule has 3 aromatic rings. The molecule has 1 aromatic heterocycles. The number of carbonyl (C=O) groups is 1. The fourth-order valence-electron chi connectivity index (χ4n) is 3.84. The number of anilines is 1. The van der Waals surface area contributed by atoms with E-state index >= 15 is 0 Å². The van der Waals surface area contributed by atoms with Crippen molar-refractivity contribution in [3.8, 4) is 0 Å². The fourth-order valence-corrected chi connectivity index (χ4v) is 3.84. The van der Waals surface area contributed by atoms with Crippen LogP contribution in [0.5, 0.6) is 0 Å². The summed E-state index contributed by atoms with van der Waals surface area (Å²) >= 11 is 0. The second-order valence-corrected chi connectivity index (χ2v) is 6.65. The molecule has 4 rings (SSSR count). The molecule has 0 bridgehead atoms. The number of para-hydroxylation sites is 2. The third-order valence-electron chi connectivity index (χ3n) is 5.21.